The molecule has 0 rings (SSSR count). The Bertz CT molecular complexity index is 87.0. The van der Waals surface area contributed by atoms with Crippen molar-refractivity contribution in [3.8, 4) is 0 Å². The minimum absolute atomic E-state index is 0.527. The average molecular weight is 150 g/mol. The van der Waals surface area contributed by atoms with Crippen molar-refractivity contribution in [2.75, 3.05) is 19.3 Å². The molecule has 0 aliphatic carbocycles. The van der Waals surface area contributed by atoms with Crippen LogP contribution in [0.15, 0.2) is 0 Å². The van der Waals surface area contributed by atoms with E-state index in [1.54, 1.807) is 0 Å². The van der Waals surface area contributed by atoms with Crippen molar-refractivity contribution in [3.63, 3.8) is 0 Å². The van der Waals surface area contributed by atoms with Gasteiger partial charge in [0.2, 0.25) is 0 Å². The first-order valence-corrected chi connectivity index (χ1v) is 4.45. The molecule has 0 bridgehead atoms. The monoisotopic (exact) mass is 150 g/mol. The highest BCUT2D eigenvalue weighted by atomic mass is 31.1. The van der Waals surface area contributed by atoms with Crippen LogP contribution < -0.4 is 5.73 Å². The fourth-order valence-corrected chi connectivity index (χ4v) is 0.856. The molecule has 0 aliphatic heterocycles. The summed E-state index contributed by atoms with van der Waals surface area (Å²) in [5.41, 5.74) is 5.18. The third-order valence-electron chi connectivity index (χ3n) is 0.842. The van der Waals surface area contributed by atoms with Crippen molar-refractivity contribution in [1.29, 1.82) is 0 Å². The number of hydrogen-bond acceptors (Lipinski definition) is 3. The lowest BCUT2D eigenvalue weighted by molar-refractivity contribution is 0.325. The second-order valence-corrected chi connectivity index (χ2v) is 3.18. The summed E-state index contributed by atoms with van der Waals surface area (Å²) in [5, 5.41) is 0. The Morgan fingerprint density at radius 1 is 1.67 bits per heavy atom. The summed E-state index contributed by atoms with van der Waals surface area (Å²) in [6, 6.07) is 0. The summed E-state index contributed by atoms with van der Waals surface area (Å²) >= 11 is 0. The van der Waals surface area contributed by atoms with E-state index in [-0.39, 0.29) is 0 Å². The van der Waals surface area contributed by atoms with Gasteiger partial charge in [-0.2, -0.15) is 0 Å². The predicted molar refractivity (Wildman–Crippen MR) is 37.8 cm³/mol. The number of nitrogens with two attached hydrogens (primary N) is 1. The van der Waals surface area contributed by atoms with Gasteiger partial charge < -0.3 is 5.73 Å². The van der Waals surface area contributed by atoms with Crippen molar-refractivity contribution in [3.05, 3.63) is 0 Å². The molecule has 0 spiro atoms. The fraction of sp³-hybridized carbons (Fsp3) is 1.00. The van der Waals surface area contributed by atoms with Crippen LogP contribution in [-0.2, 0) is 9.09 Å². The van der Waals surface area contributed by atoms with Crippen LogP contribution in [0.4, 0.5) is 0 Å². The largest absolute Gasteiger partial charge is 0.507 e. The first-order chi connectivity index (χ1) is 4.31. The Morgan fingerprint density at radius 2 is 2.33 bits per heavy atom. The maximum atomic E-state index is 10.6. The molecular weight excluding hydrogens is 137 g/mol. The van der Waals surface area contributed by atoms with Gasteiger partial charge in [-0.1, -0.05) is 0 Å². The quantitative estimate of drug-likeness (QED) is 0.471. The van der Waals surface area contributed by atoms with Gasteiger partial charge in [-0.15, -0.1) is 4.52 Å². The second-order valence-electron chi connectivity index (χ2n) is 1.62. The van der Waals surface area contributed by atoms with E-state index in [1.807, 2.05) is 6.92 Å². The van der Waals surface area contributed by atoms with Crippen LogP contribution in [0.25, 0.3) is 0 Å². The van der Waals surface area contributed by atoms with Crippen molar-refractivity contribution in [2.45, 2.75) is 13.3 Å². The van der Waals surface area contributed by atoms with Gasteiger partial charge in [0, 0.05) is 0 Å². The smallest absolute Gasteiger partial charge is 0.330 e. The molecule has 1 unspecified atom stereocenters. The number of rotatable bonds is 5. The van der Waals surface area contributed by atoms with E-state index in [0.29, 0.717) is 19.3 Å². The first kappa shape index (κ1) is 9.02. The zero-order valence-electron chi connectivity index (χ0n) is 5.67. The summed E-state index contributed by atoms with van der Waals surface area (Å²) in [6.07, 6.45) is 1.39. The molecule has 2 N–H and O–H groups in total. The Balaban J connectivity index is 2.97. The van der Waals surface area contributed by atoms with E-state index < -0.39 is 8.03 Å². The third-order valence-corrected chi connectivity index (χ3v) is 1.83. The molecular formula is C5H13NO2P+. The summed E-state index contributed by atoms with van der Waals surface area (Å²) in [7, 11) is -1.40. The van der Waals surface area contributed by atoms with Crippen LogP contribution >= 0.6 is 8.03 Å². The van der Waals surface area contributed by atoms with E-state index in [2.05, 4.69) is 0 Å². The molecule has 0 saturated heterocycles. The Hall–Kier alpha value is 0.0200. The molecule has 0 amide bonds. The molecule has 54 valence electrons. The fourth-order valence-electron chi connectivity index (χ4n) is 0.341. The van der Waals surface area contributed by atoms with E-state index in [4.69, 9.17) is 10.3 Å². The lowest BCUT2D eigenvalue weighted by Gasteiger charge is -1.86. The summed E-state index contributed by atoms with van der Waals surface area (Å²) in [4.78, 5) is 0. The molecule has 0 aromatic rings. The zero-order valence-corrected chi connectivity index (χ0v) is 6.56. The molecule has 0 aliphatic rings. The summed E-state index contributed by atoms with van der Waals surface area (Å²) in [6.45, 7) is 2.97. The topological polar surface area (TPSA) is 52.3 Å². The third kappa shape index (κ3) is 5.90. The van der Waals surface area contributed by atoms with Crippen LogP contribution in [0.1, 0.15) is 13.3 Å². The van der Waals surface area contributed by atoms with Gasteiger partial charge in [0.25, 0.3) is 0 Å². The molecule has 1 atom stereocenters. The van der Waals surface area contributed by atoms with Crippen LogP contribution in [-0.4, -0.2) is 19.3 Å². The maximum Gasteiger partial charge on any atom is 0.507 e. The molecule has 3 nitrogen and oxygen atoms in total. The zero-order chi connectivity index (χ0) is 7.11. The minimum atomic E-state index is -1.40. The van der Waals surface area contributed by atoms with Gasteiger partial charge in [0.15, 0.2) is 6.16 Å². The summed E-state index contributed by atoms with van der Waals surface area (Å²) in [5.74, 6) is 0. The standard InChI is InChI=1S/C5H13NO2P/c1-2-9(7)8-5-3-4-6/h2-6H2,1H3/q+1. The molecule has 0 aromatic carbocycles. The summed E-state index contributed by atoms with van der Waals surface area (Å²) < 4.78 is 15.4. The van der Waals surface area contributed by atoms with Crippen LogP contribution in [0.3, 0.4) is 0 Å². The molecule has 0 heterocycles. The van der Waals surface area contributed by atoms with E-state index in [9.17, 15) is 4.57 Å². The second kappa shape index (κ2) is 6.14. The Labute approximate surface area is 56.4 Å². The molecule has 9 heavy (non-hydrogen) atoms. The van der Waals surface area contributed by atoms with Crippen LogP contribution in [0.2, 0.25) is 0 Å². The van der Waals surface area contributed by atoms with Gasteiger partial charge >= 0.3 is 8.03 Å². The highest BCUT2D eigenvalue weighted by molar-refractivity contribution is 7.39. The van der Waals surface area contributed by atoms with Crippen LogP contribution in [0, 0.1) is 0 Å². The SMILES string of the molecule is CC[P+](=O)OCCCN. The van der Waals surface area contributed by atoms with E-state index in [0.717, 1.165) is 6.42 Å². The Kier molecular flexibility index (Phi) is 6.16. The average Bonchev–Trinajstić information content (AvgIpc) is 1.89. The molecule has 0 aromatic heterocycles. The molecule has 0 saturated carbocycles. The number of hydrogen-bond donors (Lipinski definition) is 1. The first-order valence-electron chi connectivity index (χ1n) is 3.09. The minimum Gasteiger partial charge on any atom is -0.330 e. The van der Waals surface area contributed by atoms with Gasteiger partial charge in [0.1, 0.15) is 6.61 Å². The predicted octanol–water partition coefficient (Wildman–Crippen LogP) is 1.11. The molecule has 0 radical (unpaired) electrons. The highest BCUT2D eigenvalue weighted by Crippen LogP contribution is 2.20. The van der Waals surface area contributed by atoms with Gasteiger partial charge in [-0.25, -0.2) is 0 Å². The van der Waals surface area contributed by atoms with Crippen molar-refractivity contribution >= 4 is 8.03 Å². The molecule has 4 heteroatoms. The highest BCUT2D eigenvalue weighted by Gasteiger charge is 2.10. The lowest BCUT2D eigenvalue weighted by Crippen LogP contribution is -2.01. The van der Waals surface area contributed by atoms with Crippen molar-refractivity contribution < 1.29 is 9.09 Å². The normalized spacial score (nSPS) is 11.6. The molecule has 0 fully saturated rings. The van der Waals surface area contributed by atoms with E-state index in [1.165, 1.54) is 0 Å². The lowest BCUT2D eigenvalue weighted by atomic mass is 10.5. The van der Waals surface area contributed by atoms with Gasteiger partial charge in [0.05, 0.1) is 0 Å². The van der Waals surface area contributed by atoms with E-state index >= 15 is 0 Å². The van der Waals surface area contributed by atoms with Gasteiger partial charge in [-0.05, 0) is 24.5 Å². The van der Waals surface area contributed by atoms with Gasteiger partial charge in [-0.3, -0.25) is 0 Å². The van der Waals surface area contributed by atoms with Crippen LogP contribution in [0.5, 0.6) is 0 Å². The Morgan fingerprint density at radius 3 is 2.78 bits per heavy atom. The van der Waals surface area contributed by atoms with Crippen molar-refractivity contribution in [2.24, 2.45) is 5.73 Å². The van der Waals surface area contributed by atoms with Crippen molar-refractivity contribution in [1.82, 2.24) is 0 Å². The maximum absolute atomic E-state index is 10.6.